The minimum Gasteiger partial charge on any atom is -0.462 e. The number of carbonyl (C=O) groups is 1. The molecule has 3 rings (SSSR count). The first-order chi connectivity index (χ1) is 7.59. The van der Waals surface area contributed by atoms with Gasteiger partial charge in [0.05, 0.1) is 6.42 Å². The Morgan fingerprint density at radius 1 is 1.44 bits per heavy atom. The van der Waals surface area contributed by atoms with Gasteiger partial charge in [-0.25, -0.2) is 0 Å². The highest BCUT2D eigenvalue weighted by Crippen LogP contribution is 2.54. The fourth-order valence-corrected chi connectivity index (χ4v) is 3.86. The topological polar surface area (TPSA) is 26.3 Å². The number of fused-ring (bicyclic) bond motifs is 2. The predicted molar refractivity (Wildman–Crippen MR) is 61.8 cm³/mol. The van der Waals surface area contributed by atoms with Crippen LogP contribution in [0.15, 0.2) is 11.6 Å². The molecule has 2 heteroatoms. The number of hydrogen-bond donors (Lipinski definition) is 0. The SMILES string of the molecule is C[C@@H]1CCC=C2C[C@@H]3OC(=O)C[C@H]3C[C@]21C. The zero-order valence-corrected chi connectivity index (χ0v) is 10.2. The van der Waals surface area contributed by atoms with Crippen molar-refractivity contribution in [1.29, 1.82) is 0 Å². The van der Waals surface area contributed by atoms with Crippen LogP contribution in [-0.4, -0.2) is 12.1 Å². The maximum absolute atomic E-state index is 11.4. The first-order valence-corrected chi connectivity index (χ1v) is 6.48. The molecule has 2 fully saturated rings. The van der Waals surface area contributed by atoms with Gasteiger partial charge in [0.25, 0.3) is 0 Å². The van der Waals surface area contributed by atoms with Gasteiger partial charge in [-0.2, -0.15) is 0 Å². The van der Waals surface area contributed by atoms with Crippen molar-refractivity contribution >= 4 is 5.97 Å². The lowest BCUT2D eigenvalue weighted by Crippen LogP contribution is -2.40. The van der Waals surface area contributed by atoms with Gasteiger partial charge < -0.3 is 4.74 Å². The van der Waals surface area contributed by atoms with Crippen LogP contribution < -0.4 is 0 Å². The molecule has 0 N–H and O–H groups in total. The summed E-state index contributed by atoms with van der Waals surface area (Å²) in [5, 5.41) is 0. The summed E-state index contributed by atoms with van der Waals surface area (Å²) in [5.41, 5.74) is 1.90. The van der Waals surface area contributed by atoms with E-state index in [1.54, 1.807) is 5.57 Å². The molecule has 16 heavy (non-hydrogen) atoms. The first kappa shape index (κ1) is 10.4. The Balaban J connectivity index is 1.91. The molecule has 1 aliphatic heterocycles. The van der Waals surface area contributed by atoms with E-state index in [1.165, 1.54) is 12.8 Å². The van der Waals surface area contributed by atoms with E-state index >= 15 is 0 Å². The second-order valence-electron chi connectivity index (χ2n) is 6.03. The number of hydrogen-bond acceptors (Lipinski definition) is 2. The van der Waals surface area contributed by atoms with Gasteiger partial charge in [-0.05, 0) is 30.6 Å². The molecule has 2 aliphatic carbocycles. The van der Waals surface area contributed by atoms with Gasteiger partial charge in [0, 0.05) is 12.3 Å². The molecular weight excluding hydrogens is 200 g/mol. The van der Waals surface area contributed by atoms with Gasteiger partial charge in [0.1, 0.15) is 6.10 Å². The number of allylic oxidation sites excluding steroid dienone is 1. The lowest BCUT2D eigenvalue weighted by atomic mass is 9.58. The van der Waals surface area contributed by atoms with E-state index < -0.39 is 0 Å². The zero-order valence-electron chi connectivity index (χ0n) is 10.2. The van der Waals surface area contributed by atoms with Crippen molar-refractivity contribution in [2.24, 2.45) is 17.3 Å². The Morgan fingerprint density at radius 2 is 2.25 bits per heavy atom. The van der Waals surface area contributed by atoms with Crippen molar-refractivity contribution in [2.45, 2.75) is 52.1 Å². The van der Waals surface area contributed by atoms with E-state index in [4.69, 9.17) is 4.74 Å². The maximum atomic E-state index is 11.4. The summed E-state index contributed by atoms with van der Waals surface area (Å²) < 4.78 is 5.41. The molecule has 0 spiro atoms. The van der Waals surface area contributed by atoms with Crippen LogP contribution in [0.3, 0.4) is 0 Å². The van der Waals surface area contributed by atoms with Gasteiger partial charge in [0.2, 0.25) is 0 Å². The Hall–Kier alpha value is -0.790. The lowest BCUT2D eigenvalue weighted by Gasteiger charge is -2.47. The van der Waals surface area contributed by atoms with Gasteiger partial charge in [0.15, 0.2) is 0 Å². The lowest BCUT2D eigenvalue weighted by molar-refractivity contribution is -0.141. The highest BCUT2D eigenvalue weighted by molar-refractivity contribution is 5.72. The molecular formula is C14H20O2. The number of esters is 1. The molecule has 0 radical (unpaired) electrons. The fraction of sp³-hybridized carbons (Fsp3) is 0.786. The Bertz CT molecular complexity index is 358. The minimum atomic E-state index is 0.0190. The van der Waals surface area contributed by atoms with Gasteiger partial charge in [-0.15, -0.1) is 0 Å². The average Bonchev–Trinajstić information content (AvgIpc) is 2.56. The molecule has 1 saturated heterocycles. The van der Waals surface area contributed by atoms with Crippen molar-refractivity contribution in [2.75, 3.05) is 0 Å². The van der Waals surface area contributed by atoms with Crippen LogP contribution >= 0.6 is 0 Å². The molecule has 1 saturated carbocycles. The number of rotatable bonds is 0. The molecule has 0 bridgehead atoms. The molecule has 0 aromatic carbocycles. The summed E-state index contributed by atoms with van der Waals surface area (Å²) >= 11 is 0. The Morgan fingerprint density at radius 3 is 3.06 bits per heavy atom. The second-order valence-corrected chi connectivity index (χ2v) is 6.03. The summed E-state index contributed by atoms with van der Waals surface area (Å²) in [6.45, 7) is 4.76. The smallest absolute Gasteiger partial charge is 0.306 e. The number of ether oxygens (including phenoxy) is 1. The molecule has 3 aliphatic rings. The van der Waals surface area contributed by atoms with Crippen LogP contribution in [0, 0.1) is 17.3 Å². The molecule has 0 amide bonds. The molecule has 1 heterocycles. The van der Waals surface area contributed by atoms with Crippen molar-refractivity contribution < 1.29 is 9.53 Å². The molecule has 0 aromatic heterocycles. The quantitative estimate of drug-likeness (QED) is 0.463. The number of carbonyl (C=O) groups excluding carboxylic acids is 1. The van der Waals surface area contributed by atoms with E-state index in [1.807, 2.05) is 0 Å². The van der Waals surface area contributed by atoms with Crippen LogP contribution in [0.25, 0.3) is 0 Å². The third kappa shape index (κ3) is 1.35. The maximum Gasteiger partial charge on any atom is 0.306 e. The second kappa shape index (κ2) is 3.35. The summed E-state index contributed by atoms with van der Waals surface area (Å²) in [5.74, 6) is 1.25. The summed E-state index contributed by atoms with van der Waals surface area (Å²) in [6, 6.07) is 0. The first-order valence-electron chi connectivity index (χ1n) is 6.48. The third-order valence-corrected chi connectivity index (χ3v) is 5.16. The highest BCUT2D eigenvalue weighted by Gasteiger charge is 2.49. The largest absolute Gasteiger partial charge is 0.462 e. The summed E-state index contributed by atoms with van der Waals surface area (Å²) in [4.78, 5) is 11.4. The van der Waals surface area contributed by atoms with Gasteiger partial charge in [-0.3, -0.25) is 4.79 Å². The zero-order chi connectivity index (χ0) is 11.3. The van der Waals surface area contributed by atoms with Crippen LogP contribution in [0.4, 0.5) is 0 Å². The summed E-state index contributed by atoms with van der Waals surface area (Å²) in [7, 11) is 0. The van der Waals surface area contributed by atoms with Gasteiger partial charge in [-0.1, -0.05) is 25.5 Å². The van der Waals surface area contributed by atoms with Crippen LogP contribution in [0.5, 0.6) is 0 Å². The van der Waals surface area contributed by atoms with Crippen LogP contribution in [-0.2, 0) is 9.53 Å². The highest BCUT2D eigenvalue weighted by atomic mass is 16.5. The van der Waals surface area contributed by atoms with Crippen molar-refractivity contribution in [3.63, 3.8) is 0 Å². The van der Waals surface area contributed by atoms with E-state index in [2.05, 4.69) is 19.9 Å². The van der Waals surface area contributed by atoms with Crippen molar-refractivity contribution in [3.05, 3.63) is 11.6 Å². The van der Waals surface area contributed by atoms with E-state index in [9.17, 15) is 4.79 Å². The summed E-state index contributed by atoms with van der Waals surface area (Å²) in [6.07, 6.45) is 7.90. The molecule has 88 valence electrons. The normalized spacial score (nSPS) is 46.8. The molecule has 4 atom stereocenters. The standard InChI is InChI=1S/C14H20O2/c1-9-4-3-5-11-7-12-10(6-13(15)16-12)8-14(9,11)2/h5,9-10,12H,3-4,6-8H2,1-2H3/t9-,10+,12+,14+/m1/s1. The minimum absolute atomic E-state index is 0.0190. The Labute approximate surface area is 97.1 Å². The van der Waals surface area contributed by atoms with Gasteiger partial charge >= 0.3 is 5.97 Å². The molecule has 0 unspecified atom stereocenters. The fourth-order valence-electron chi connectivity index (χ4n) is 3.86. The monoisotopic (exact) mass is 220 g/mol. The van der Waals surface area contributed by atoms with Crippen molar-refractivity contribution in [3.8, 4) is 0 Å². The van der Waals surface area contributed by atoms with E-state index in [0.717, 1.165) is 18.8 Å². The van der Waals surface area contributed by atoms with Crippen LogP contribution in [0.2, 0.25) is 0 Å². The van der Waals surface area contributed by atoms with E-state index in [0.29, 0.717) is 17.8 Å². The van der Waals surface area contributed by atoms with Crippen LogP contribution in [0.1, 0.15) is 46.0 Å². The average molecular weight is 220 g/mol. The van der Waals surface area contributed by atoms with E-state index in [-0.39, 0.29) is 12.1 Å². The molecule has 0 aromatic rings. The predicted octanol–water partition coefficient (Wildman–Crippen LogP) is 3.07. The third-order valence-electron chi connectivity index (χ3n) is 5.16. The van der Waals surface area contributed by atoms with Crippen molar-refractivity contribution in [1.82, 2.24) is 0 Å². The Kier molecular flexibility index (Phi) is 2.17. The molecule has 2 nitrogen and oxygen atoms in total.